The highest BCUT2D eigenvalue weighted by Gasteiger charge is 2.08. The van der Waals surface area contributed by atoms with Crippen LogP contribution in [0, 0.1) is 0 Å². The van der Waals surface area contributed by atoms with Crippen LogP contribution in [-0.4, -0.2) is 16.8 Å². The molecule has 3 aromatic rings. The van der Waals surface area contributed by atoms with Crippen molar-refractivity contribution in [1.29, 1.82) is 0 Å². The van der Waals surface area contributed by atoms with Crippen molar-refractivity contribution in [2.45, 2.75) is 19.4 Å². The first-order valence-corrected chi connectivity index (χ1v) is 9.22. The lowest BCUT2D eigenvalue weighted by atomic mass is 10.1. The number of anilines is 3. The first-order chi connectivity index (χ1) is 14.0. The van der Waals surface area contributed by atoms with Crippen molar-refractivity contribution in [2.75, 3.05) is 16.8 Å². The van der Waals surface area contributed by atoms with Crippen LogP contribution in [-0.2, 0) is 17.8 Å². The highest BCUT2D eigenvalue weighted by Crippen LogP contribution is 2.16. The van der Waals surface area contributed by atoms with Crippen molar-refractivity contribution < 1.29 is 9.59 Å². The van der Waals surface area contributed by atoms with Gasteiger partial charge in [0.25, 0.3) is 5.91 Å². The summed E-state index contributed by atoms with van der Waals surface area (Å²) in [5, 5.41) is 5.64. The van der Waals surface area contributed by atoms with E-state index in [0.717, 1.165) is 11.1 Å². The largest absolute Gasteiger partial charge is 0.399 e. The molecule has 3 rings (SSSR count). The Balaban J connectivity index is 1.47. The zero-order valence-electron chi connectivity index (χ0n) is 15.9. The van der Waals surface area contributed by atoms with E-state index in [0.29, 0.717) is 42.0 Å². The van der Waals surface area contributed by atoms with Gasteiger partial charge in [0.2, 0.25) is 5.91 Å². The molecule has 0 atom stereocenters. The second-order valence-corrected chi connectivity index (χ2v) is 6.63. The summed E-state index contributed by atoms with van der Waals surface area (Å²) in [4.78, 5) is 28.3. The van der Waals surface area contributed by atoms with Gasteiger partial charge >= 0.3 is 0 Å². The predicted octanol–water partition coefficient (Wildman–Crippen LogP) is 2.75. The van der Waals surface area contributed by atoms with Gasteiger partial charge in [0.1, 0.15) is 0 Å². The standard InChI is InChI=1S/C22H23N5O2/c23-18-8-3-15(4-9-18)5-10-21(28)26-13-16-1-6-17(7-2-16)22(29)27-20-11-12-25-14-19(20)24/h1-4,6-9,11-12,14H,5,10,13,23-24H2,(H,26,28)(H,25,27,29). The van der Waals surface area contributed by atoms with Gasteiger partial charge in [0, 0.05) is 30.4 Å². The van der Waals surface area contributed by atoms with Crippen molar-refractivity contribution in [3.05, 3.63) is 83.7 Å². The Morgan fingerprint density at radius 1 is 0.897 bits per heavy atom. The molecule has 0 spiro atoms. The molecular weight excluding hydrogens is 366 g/mol. The van der Waals surface area contributed by atoms with Crippen molar-refractivity contribution in [3.8, 4) is 0 Å². The molecule has 148 valence electrons. The van der Waals surface area contributed by atoms with Crippen LogP contribution in [0.4, 0.5) is 17.1 Å². The van der Waals surface area contributed by atoms with Crippen LogP contribution >= 0.6 is 0 Å². The minimum Gasteiger partial charge on any atom is -0.399 e. The molecule has 1 aromatic heterocycles. The quantitative estimate of drug-likeness (QED) is 0.463. The van der Waals surface area contributed by atoms with Gasteiger partial charge in [-0.15, -0.1) is 0 Å². The topological polar surface area (TPSA) is 123 Å². The third-order valence-corrected chi connectivity index (χ3v) is 4.43. The smallest absolute Gasteiger partial charge is 0.255 e. The van der Waals surface area contributed by atoms with E-state index in [1.165, 1.54) is 6.20 Å². The van der Waals surface area contributed by atoms with Gasteiger partial charge in [-0.1, -0.05) is 24.3 Å². The van der Waals surface area contributed by atoms with Crippen LogP contribution < -0.4 is 22.1 Å². The molecular formula is C22H23N5O2. The van der Waals surface area contributed by atoms with E-state index in [9.17, 15) is 9.59 Å². The van der Waals surface area contributed by atoms with Gasteiger partial charge in [0.15, 0.2) is 0 Å². The Kier molecular flexibility index (Phi) is 6.42. The Morgan fingerprint density at radius 2 is 1.59 bits per heavy atom. The predicted molar refractivity (Wildman–Crippen MR) is 114 cm³/mol. The fraction of sp³-hybridized carbons (Fsp3) is 0.136. The number of nitrogens with one attached hydrogen (secondary N) is 2. The zero-order chi connectivity index (χ0) is 20.6. The summed E-state index contributed by atoms with van der Waals surface area (Å²) in [6.07, 6.45) is 4.10. The molecule has 0 unspecified atom stereocenters. The molecule has 6 N–H and O–H groups in total. The summed E-state index contributed by atoms with van der Waals surface area (Å²) in [5.74, 6) is -0.293. The van der Waals surface area contributed by atoms with Gasteiger partial charge in [-0.05, 0) is 47.9 Å². The maximum absolute atomic E-state index is 12.3. The van der Waals surface area contributed by atoms with Gasteiger partial charge in [-0.3, -0.25) is 14.6 Å². The number of nitrogen functional groups attached to an aromatic ring is 2. The SMILES string of the molecule is Nc1ccc(CCC(=O)NCc2ccc(C(=O)Nc3ccncc3N)cc2)cc1. The van der Waals surface area contributed by atoms with E-state index in [1.54, 1.807) is 24.4 Å². The summed E-state index contributed by atoms with van der Waals surface area (Å²) < 4.78 is 0. The molecule has 2 amide bonds. The number of carbonyl (C=O) groups excluding carboxylic acids is 2. The van der Waals surface area contributed by atoms with Gasteiger partial charge in [0.05, 0.1) is 17.6 Å². The number of rotatable bonds is 7. The second-order valence-electron chi connectivity index (χ2n) is 6.63. The Bertz CT molecular complexity index is 985. The highest BCUT2D eigenvalue weighted by atomic mass is 16.2. The lowest BCUT2D eigenvalue weighted by Crippen LogP contribution is -2.23. The molecule has 0 saturated carbocycles. The number of nitrogens with two attached hydrogens (primary N) is 2. The number of carbonyl (C=O) groups is 2. The third-order valence-electron chi connectivity index (χ3n) is 4.43. The van der Waals surface area contributed by atoms with E-state index in [2.05, 4.69) is 15.6 Å². The van der Waals surface area contributed by atoms with Gasteiger partial charge in [-0.25, -0.2) is 0 Å². The number of benzene rings is 2. The number of hydrogen-bond donors (Lipinski definition) is 4. The monoisotopic (exact) mass is 389 g/mol. The molecule has 7 nitrogen and oxygen atoms in total. The number of nitrogens with zero attached hydrogens (tertiary/aromatic N) is 1. The van der Waals surface area contributed by atoms with Crippen molar-refractivity contribution in [1.82, 2.24) is 10.3 Å². The Morgan fingerprint density at radius 3 is 2.28 bits per heavy atom. The lowest BCUT2D eigenvalue weighted by Gasteiger charge is -2.09. The van der Waals surface area contributed by atoms with E-state index < -0.39 is 0 Å². The van der Waals surface area contributed by atoms with Crippen LogP contribution in [0.1, 0.15) is 27.9 Å². The van der Waals surface area contributed by atoms with Crippen LogP contribution in [0.5, 0.6) is 0 Å². The summed E-state index contributed by atoms with van der Waals surface area (Å²) in [7, 11) is 0. The molecule has 0 radical (unpaired) electrons. The molecule has 0 saturated heterocycles. The van der Waals surface area contributed by atoms with Gasteiger partial charge < -0.3 is 22.1 Å². The fourth-order valence-electron chi connectivity index (χ4n) is 2.72. The molecule has 0 aliphatic heterocycles. The summed E-state index contributed by atoms with van der Waals surface area (Å²) in [6, 6.07) is 16.2. The molecule has 0 aliphatic carbocycles. The molecule has 7 heteroatoms. The van der Waals surface area contributed by atoms with Crippen molar-refractivity contribution in [3.63, 3.8) is 0 Å². The zero-order valence-corrected chi connectivity index (χ0v) is 15.9. The van der Waals surface area contributed by atoms with E-state index in [-0.39, 0.29) is 11.8 Å². The second kappa shape index (κ2) is 9.36. The van der Waals surface area contributed by atoms with E-state index >= 15 is 0 Å². The van der Waals surface area contributed by atoms with Crippen LogP contribution in [0.25, 0.3) is 0 Å². The van der Waals surface area contributed by atoms with Gasteiger partial charge in [-0.2, -0.15) is 0 Å². The number of pyridine rings is 1. The molecule has 1 heterocycles. The fourth-order valence-corrected chi connectivity index (χ4v) is 2.72. The van der Waals surface area contributed by atoms with Crippen LogP contribution in [0.15, 0.2) is 67.0 Å². The number of aromatic nitrogens is 1. The van der Waals surface area contributed by atoms with Crippen molar-refractivity contribution >= 4 is 28.9 Å². The molecule has 0 aliphatic rings. The minimum absolute atomic E-state index is 0.0307. The summed E-state index contributed by atoms with van der Waals surface area (Å²) in [5.41, 5.74) is 15.5. The average molecular weight is 389 g/mol. The third kappa shape index (κ3) is 5.80. The summed E-state index contributed by atoms with van der Waals surface area (Å²) in [6.45, 7) is 0.403. The maximum Gasteiger partial charge on any atom is 0.255 e. The number of amides is 2. The molecule has 0 bridgehead atoms. The lowest BCUT2D eigenvalue weighted by molar-refractivity contribution is -0.121. The summed E-state index contributed by atoms with van der Waals surface area (Å²) >= 11 is 0. The van der Waals surface area contributed by atoms with Crippen molar-refractivity contribution in [2.24, 2.45) is 0 Å². The number of hydrogen-bond acceptors (Lipinski definition) is 5. The van der Waals surface area contributed by atoms with Crippen LogP contribution in [0.3, 0.4) is 0 Å². The van der Waals surface area contributed by atoms with Crippen LogP contribution in [0.2, 0.25) is 0 Å². The Hall–Kier alpha value is -3.87. The maximum atomic E-state index is 12.3. The highest BCUT2D eigenvalue weighted by molar-refractivity contribution is 6.05. The van der Waals surface area contributed by atoms with E-state index in [4.69, 9.17) is 11.5 Å². The average Bonchev–Trinajstić information content (AvgIpc) is 2.74. The first-order valence-electron chi connectivity index (χ1n) is 9.22. The molecule has 2 aromatic carbocycles. The Labute approximate surface area is 169 Å². The van der Waals surface area contributed by atoms with E-state index in [1.807, 2.05) is 36.4 Å². The minimum atomic E-state index is -0.262. The normalized spacial score (nSPS) is 10.3. The number of aryl methyl sites for hydroxylation is 1. The molecule has 29 heavy (non-hydrogen) atoms. The first kappa shape index (κ1) is 19.9. The molecule has 0 fully saturated rings.